The number of aromatic nitrogens is 1. The fraction of sp³-hybridized carbons (Fsp3) is 0.381. The Morgan fingerprint density at radius 2 is 1.93 bits per heavy atom. The highest BCUT2D eigenvalue weighted by atomic mass is 16.5. The molecule has 148 valence electrons. The molecule has 0 bridgehead atoms. The number of benzene rings is 1. The smallest absolute Gasteiger partial charge is 0.258 e. The zero-order chi connectivity index (χ0) is 20.1. The standard InChI is InChI=1S/C21H25N3O4/c1-4-27-18-10-6-5-8-16(18)21(26)24-13-11-15(14-24)28-19-17(9-7-12-22-19)20(25)23(2)3/h5-10,12,15H,4,11,13-14H2,1-3H3. The molecule has 2 aromatic rings. The van der Waals surface area contributed by atoms with Gasteiger partial charge >= 0.3 is 0 Å². The lowest BCUT2D eigenvalue weighted by Gasteiger charge is -2.19. The van der Waals surface area contributed by atoms with E-state index in [2.05, 4.69) is 4.98 Å². The van der Waals surface area contributed by atoms with E-state index in [-0.39, 0.29) is 17.9 Å². The Balaban J connectivity index is 1.70. The maximum absolute atomic E-state index is 12.9. The normalized spacial score (nSPS) is 16.0. The van der Waals surface area contributed by atoms with Crippen molar-refractivity contribution in [2.24, 2.45) is 0 Å². The van der Waals surface area contributed by atoms with E-state index in [0.717, 1.165) is 0 Å². The summed E-state index contributed by atoms with van der Waals surface area (Å²) in [5, 5.41) is 0. The van der Waals surface area contributed by atoms with Gasteiger partial charge in [0, 0.05) is 33.3 Å². The Labute approximate surface area is 164 Å². The van der Waals surface area contributed by atoms with E-state index in [0.29, 0.717) is 48.9 Å². The molecule has 7 nitrogen and oxygen atoms in total. The zero-order valence-corrected chi connectivity index (χ0v) is 16.4. The molecule has 0 spiro atoms. The molecule has 0 aliphatic carbocycles. The number of ether oxygens (including phenoxy) is 2. The van der Waals surface area contributed by atoms with Crippen molar-refractivity contribution in [3.8, 4) is 11.6 Å². The Morgan fingerprint density at radius 1 is 1.18 bits per heavy atom. The van der Waals surface area contributed by atoms with Crippen LogP contribution in [0.5, 0.6) is 11.6 Å². The monoisotopic (exact) mass is 383 g/mol. The van der Waals surface area contributed by atoms with E-state index in [1.165, 1.54) is 4.90 Å². The summed E-state index contributed by atoms with van der Waals surface area (Å²) in [5.41, 5.74) is 0.963. The number of likely N-dealkylation sites (tertiary alicyclic amines) is 1. The van der Waals surface area contributed by atoms with Gasteiger partial charge < -0.3 is 19.3 Å². The number of carbonyl (C=O) groups is 2. The average molecular weight is 383 g/mol. The van der Waals surface area contributed by atoms with E-state index < -0.39 is 0 Å². The van der Waals surface area contributed by atoms with Crippen molar-refractivity contribution < 1.29 is 19.1 Å². The fourth-order valence-corrected chi connectivity index (χ4v) is 3.15. The number of pyridine rings is 1. The van der Waals surface area contributed by atoms with Gasteiger partial charge in [0.1, 0.15) is 17.4 Å². The molecule has 2 amide bonds. The number of hydrogen-bond acceptors (Lipinski definition) is 5. The SMILES string of the molecule is CCOc1ccccc1C(=O)N1CCC(Oc2ncccc2C(=O)N(C)C)C1. The van der Waals surface area contributed by atoms with Gasteiger partial charge in [0.2, 0.25) is 5.88 Å². The van der Waals surface area contributed by atoms with Crippen molar-refractivity contribution in [3.05, 3.63) is 53.7 Å². The Hall–Kier alpha value is -3.09. The van der Waals surface area contributed by atoms with Crippen molar-refractivity contribution in [1.82, 2.24) is 14.8 Å². The molecular formula is C21H25N3O4. The number of amides is 2. The molecule has 7 heteroatoms. The highest BCUT2D eigenvalue weighted by molar-refractivity contribution is 5.97. The van der Waals surface area contributed by atoms with Crippen LogP contribution in [0, 0.1) is 0 Å². The maximum atomic E-state index is 12.9. The topological polar surface area (TPSA) is 72.0 Å². The molecule has 1 fully saturated rings. The minimum atomic E-state index is -0.216. The third-order valence-corrected chi connectivity index (χ3v) is 4.54. The highest BCUT2D eigenvalue weighted by Gasteiger charge is 2.31. The number of carbonyl (C=O) groups excluding carboxylic acids is 2. The predicted molar refractivity (Wildman–Crippen MR) is 105 cm³/mol. The van der Waals surface area contributed by atoms with Crippen LogP contribution in [0.15, 0.2) is 42.6 Å². The largest absolute Gasteiger partial charge is 0.493 e. The van der Waals surface area contributed by atoms with Gasteiger partial charge in [0.05, 0.1) is 18.7 Å². The van der Waals surface area contributed by atoms with Crippen molar-refractivity contribution in [3.63, 3.8) is 0 Å². The summed E-state index contributed by atoms with van der Waals surface area (Å²) in [7, 11) is 3.37. The van der Waals surface area contributed by atoms with Crippen LogP contribution in [0.4, 0.5) is 0 Å². The zero-order valence-electron chi connectivity index (χ0n) is 16.4. The lowest BCUT2D eigenvalue weighted by atomic mass is 10.2. The fourth-order valence-electron chi connectivity index (χ4n) is 3.15. The first-order valence-electron chi connectivity index (χ1n) is 9.35. The number of para-hydroxylation sites is 1. The summed E-state index contributed by atoms with van der Waals surface area (Å²) in [6, 6.07) is 10.6. The lowest BCUT2D eigenvalue weighted by molar-refractivity contribution is 0.0759. The summed E-state index contributed by atoms with van der Waals surface area (Å²) in [6.07, 6.45) is 2.05. The molecule has 1 aromatic heterocycles. The van der Waals surface area contributed by atoms with Crippen molar-refractivity contribution in [1.29, 1.82) is 0 Å². The second kappa shape index (κ2) is 8.73. The van der Waals surface area contributed by atoms with Crippen LogP contribution in [-0.2, 0) is 0 Å². The van der Waals surface area contributed by atoms with Gasteiger partial charge in [-0.2, -0.15) is 0 Å². The van der Waals surface area contributed by atoms with E-state index in [1.54, 1.807) is 49.5 Å². The Bertz CT molecular complexity index is 853. The molecule has 2 heterocycles. The van der Waals surface area contributed by atoms with E-state index in [9.17, 15) is 9.59 Å². The molecule has 1 atom stereocenters. The minimum absolute atomic E-state index is 0.0826. The summed E-state index contributed by atoms with van der Waals surface area (Å²) in [5.74, 6) is 0.638. The van der Waals surface area contributed by atoms with Gasteiger partial charge in [-0.3, -0.25) is 9.59 Å². The molecular weight excluding hydrogens is 358 g/mol. The number of rotatable bonds is 6. The van der Waals surface area contributed by atoms with Crippen LogP contribution in [0.3, 0.4) is 0 Å². The highest BCUT2D eigenvalue weighted by Crippen LogP contribution is 2.25. The van der Waals surface area contributed by atoms with Gasteiger partial charge in [-0.15, -0.1) is 0 Å². The first-order valence-corrected chi connectivity index (χ1v) is 9.35. The molecule has 0 N–H and O–H groups in total. The van der Waals surface area contributed by atoms with Crippen molar-refractivity contribution >= 4 is 11.8 Å². The molecule has 1 unspecified atom stereocenters. The van der Waals surface area contributed by atoms with Gasteiger partial charge in [-0.1, -0.05) is 12.1 Å². The van der Waals surface area contributed by atoms with Crippen LogP contribution in [0.25, 0.3) is 0 Å². The van der Waals surface area contributed by atoms with E-state index in [1.807, 2.05) is 19.1 Å². The third kappa shape index (κ3) is 4.24. The average Bonchev–Trinajstić information content (AvgIpc) is 3.16. The maximum Gasteiger partial charge on any atom is 0.258 e. The van der Waals surface area contributed by atoms with Crippen molar-refractivity contribution in [2.45, 2.75) is 19.4 Å². The lowest BCUT2D eigenvalue weighted by Crippen LogP contribution is -2.31. The van der Waals surface area contributed by atoms with Gasteiger partial charge in [-0.05, 0) is 31.2 Å². The summed E-state index contributed by atoms with van der Waals surface area (Å²) < 4.78 is 11.6. The van der Waals surface area contributed by atoms with Crippen LogP contribution >= 0.6 is 0 Å². The predicted octanol–water partition coefficient (Wildman–Crippen LogP) is 2.48. The van der Waals surface area contributed by atoms with Crippen LogP contribution in [0.1, 0.15) is 34.1 Å². The second-order valence-electron chi connectivity index (χ2n) is 6.76. The van der Waals surface area contributed by atoms with Crippen LogP contribution < -0.4 is 9.47 Å². The van der Waals surface area contributed by atoms with E-state index >= 15 is 0 Å². The molecule has 3 rings (SSSR count). The van der Waals surface area contributed by atoms with Crippen LogP contribution in [-0.4, -0.2) is 66.5 Å². The molecule has 1 saturated heterocycles. The summed E-state index contributed by atoms with van der Waals surface area (Å²) in [6.45, 7) is 3.40. The van der Waals surface area contributed by atoms with Crippen LogP contribution in [0.2, 0.25) is 0 Å². The Kier molecular flexibility index (Phi) is 6.13. The first kappa shape index (κ1) is 19.7. The summed E-state index contributed by atoms with van der Waals surface area (Å²) >= 11 is 0. The Morgan fingerprint density at radius 3 is 2.68 bits per heavy atom. The second-order valence-corrected chi connectivity index (χ2v) is 6.76. The quantitative estimate of drug-likeness (QED) is 0.766. The molecule has 1 aromatic carbocycles. The number of hydrogen-bond donors (Lipinski definition) is 0. The molecule has 0 saturated carbocycles. The molecule has 1 aliphatic heterocycles. The van der Waals surface area contributed by atoms with E-state index in [4.69, 9.17) is 9.47 Å². The van der Waals surface area contributed by atoms with Gasteiger partial charge in [0.15, 0.2) is 0 Å². The molecule has 1 aliphatic rings. The molecule has 28 heavy (non-hydrogen) atoms. The minimum Gasteiger partial charge on any atom is -0.493 e. The number of nitrogens with zero attached hydrogens (tertiary/aromatic N) is 3. The van der Waals surface area contributed by atoms with Gasteiger partial charge in [-0.25, -0.2) is 4.98 Å². The summed E-state index contributed by atoms with van der Waals surface area (Å²) in [4.78, 5) is 32.7. The third-order valence-electron chi connectivity index (χ3n) is 4.54. The first-order chi connectivity index (χ1) is 13.5. The molecule has 0 radical (unpaired) electrons. The van der Waals surface area contributed by atoms with Gasteiger partial charge in [0.25, 0.3) is 11.8 Å². The van der Waals surface area contributed by atoms with Crippen molar-refractivity contribution in [2.75, 3.05) is 33.8 Å².